The van der Waals surface area contributed by atoms with E-state index in [4.69, 9.17) is 14.7 Å². The number of hydrogen-bond donors (Lipinski definition) is 2. The van der Waals surface area contributed by atoms with Crippen molar-refractivity contribution in [2.45, 2.75) is 31.5 Å². The maximum absolute atomic E-state index is 14.0. The SMILES string of the molecule is Cn1cc(-c2nc3cc([C@@](C)(O)CO)ncc3nc2N2CCC(Oc3ccc(F)cc3F)CC2)cn1. The van der Waals surface area contributed by atoms with Gasteiger partial charge in [0.25, 0.3) is 0 Å². The van der Waals surface area contributed by atoms with Gasteiger partial charge in [-0.15, -0.1) is 0 Å². The maximum Gasteiger partial charge on any atom is 0.167 e. The predicted molar refractivity (Wildman–Crippen MR) is 128 cm³/mol. The third-order valence-corrected chi connectivity index (χ3v) is 6.30. The quantitative estimate of drug-likeness (QED) is 0.419. The van der Waals surface area contributed by atoms with Crippen LogP contribution in [0.2, 0.25) is 0 Å². The standard InChI is InChI=1S/C25H26F2N6O3/c1-25(35,14-34)22-10-19-20(12-28-22)31-24(23(30-19)15-11-29-32(2)13-15)33-7-5-17(6-8-33)36-21-4-3-16(26)9-18(21)27/h3-4,9-13,17,34-35H,5-8,14H2,1-2H3/t25-/m0/s1. The van der Waals surface area contributed by atoms with Crippen molar-refractivity contribution in [1.82, 2.24) is 24.7 Å². The highest BCUT2D eigenvalue weighted by Gasteiger charge is 2.28. The molecular weight excluding hydrogens is 470 g/mol. The van der Waals surface area contributed by atoms with Gasteiger partial charge in [0.05, 0.1) is 30.2 Å². The van der Waals surface area contributed by atoms with Crippen LogP contribution in [-0.2, 0) is 12.6 Å². The van der Waals surface area contributed by atoms with Crippen molar-refractivity contribution in [3.05, 3.63) is 60.2 Å². The van der Waals surface area contributed by atoms with Gasteiger partial charge in [-0.2, -0.15) is 5.10 Å². The number of piperidine rings is 1. The number of ether oxygens (including phenoxy) is 1. The molecule has 2 N–H and O–H groups in total. The van der Waals surface area contributed by atoms with Gasteiger partial charge in [0.2, 0.25) is 0 Å². The number of fused-ring (bicyclic) bond motifs is 1. The number of rotatable bonds is 6. The molecule has 188 valence electrons. The van der Waals surface area contributed by atoms with Crippen LogP contribution in [0.15, 0.2) is 42.9 Å². The molecule has 1 aliphatic rings. The summed E-state index contributed by atoms with van der Waals surface area (Å²) in [7, 11) is 1.82. The molecule has 5 rings (SSSR count). The molecule has 0 radical (unpaired) electrons. The highest BCUT2D eigenvalue weighted by Crippen LogP contribution is 2.33. The predicted octanol–water partition coefficient (Wildman–Crippen LogP) is 2.95. The summed E-state index contributed by atoms with van der Waals surface area (Å²) in [5, 5.41) is 24.2. The molecule has 9 nitrogen and oxygen atoms in total. The third kappa shape index (κ3) is 4.71. The van der Waals surface area contributed by atoms with Gasteiger partial charge < -0.3 is 19.8 Å². The number of halogens is 2. The second-order valence-corrected chi connectivity index (χ2v) is 9.17. The Bertz CT molecular complexity index is 1400. The molecule has 11 heteroatoms. The summed E-state index contributed by atoms with van der Waals surface area (Å²) in [6.07, 6.45) is 6.09. The van der Waals surface area contributed by atoms with Gasteiger partial charge in [-0.25, -0.2) is 18.7 Å². The lowest BCUT2D eigenvalue weighted by Crippen LogP contribution is -2.39. The van der Waals surface area contributed by atoms with E-state index in [-0.39, 0.29) is 11.9 Å². The molecule has 1 aromatic carbocycles. The van der Waals surface area contributed by atoms with Crippen LogP contribution in [0.5, 0.6) is 5.75 Å². The second-order valence-electron chi connectivity index (χ2n) is 9.17. The van der Waals surface area contributed by atoms with Gasteiger partial charge >= 0.3 is 0 Å². The van der Waals surface area contributed by atoms with Crippen molar-refractivity contribution in [1.29, 1.82) is 0 Å². The molecule has 1 saturated heterocycles. The Morgan fingerprint density at radius 2 is 1.89 bits per heavy atom. The van der Waals surface area contributed by atoms with E-state index in [0.29, 0.717) is 54.2 Å². The van der Waals surface area contributed by atoms with E-state index in [2.05, 4.69) is 15.0 Å². The molecule has 0 aliphatic carbocycles. The van der Waals surface area contributed by atoms with Crippen molar-refractivity contribution >= 4 is 16.9 Å². The topological polar surface area (TPSA) is 109 Å². The Hall–Kier alpha value is -3.70. The number of aromatic nitrogens is 5. The normalized spacial score (nSPS) is 16.3. The molecule has 0 saturated carbocycles. The van der Waals surface area contributed by atoms with E-state index in [1.807, 2.05) is 13.2 Å². The number of hydrogen-bond acceptors (Lipinski definition) is 8. The lowest BCUT2D eigenvalue weighted by atomic mass is 10.0. The van der Waals surface area contributed by atoms with Crippen molar-refractivity contribution in [2.24, 2.45) is 7.05 Å². The fourth-order valence-corrected chi connectivity index (χ4v) is 4.22. The minimum Gasteiger partial charge on any atom is -0.487 e. The molecule has 1 atom stereocenters. The van der Waals surface area contributed by atoms with Crippen LogP contribution < -0.4 is 9.64 Å². The van der Waals surface area contributed by atoms with Crippen molar-refractivity contribution < 1.29 is 23.7 Å². The number of anilines is 1. The van der Waals surface area contributed by atoms with E-state index in [1.54, 1.807) is 16.9 Å². The zero-order valence-electron chi connectivity index (χ0n) is 19.9. The van der Waals surface area contributed by atoms with E-state index in [9.17, 15) is 19.0 Å². The van der Waals surface area contributed by atoms with E-state index in [1.165, 1.54) is 25.3 Å². The number of aliphatic hydroxyl groups is 2. The molecule has 0 unspecified atom stereocenters. The summed E-state index contributed by atoms with van der Waals surface area (Å²) in [5.74, 6) is -0.666. The summed E-state index contributed by atoms with van der Waals surface area (Å²) in [5.41, 5.74) is 1.27. The number of aryl methyl sites for hydroxylation is 1. The first-order chi connectivity index (χ1) is 17.2. The van der Waals surface area contributed by atoms with Crippen LogP contribution in [0.4, 0.5) is 14.6 Å². The monoisotopic (exact) mass is 496 g/mol. The van der Waals surface area contributed by atoms with Gasteiger partial charge in [0.15, 0.2) is 17.4 Å². The first-order valence-corrected chi connectivity index (χ1v) is 11.6. The van der Waals surface area contributed by atoms with E-state index >= 15 is 0 Å². The third-order valence-electron chi connectivity index (χ3n) is 6.30. The molecule has 1 aliphatic heterocycles. The average Bonchev–Trinajstić information content (AvgIpc) is 3.31. The summed E-state index contributed by atoms with van der Waals surface area (Å²) in [4.78, 5) is 16.1. The Labute approximate surface area is 206 Å². The fourth-order valence-electron chi connectivity index (χ4n) is 4.22. The summed E-state index contributed by atoms with van der Waals surface area (Å²) >= 11 is 0. The van der Waals surface area contributed by atoms with Crippen molar-refractivity contribution in [2.75, 3.05) is 24.6 Å². The molecule has 0 spiro atoms. The minimum atomic E-state index is -1.51. The number of pyridine rings is 1. The van der Waals surface area contributed by atoms with Crippen LogP contribution in [0.3, 0.4) is 0 Å². The van der Waals surface area contributed by atoms with Crippen LogP contribution in [0.1, 0.15) is 25.5 Å². The zero-order chi connectivity index (χ0) is 25.4. The molecule has 3 aromatic heterocycles. The van der Waals surface area contributed by atoms with Gasteiger partial charge in [0.1, 0.15) is 28.7 Å². The van der Waals surface area contributed by atoms with Gasteiger partial charge in [-0.1, -0.05) is 0 Å². The zero-order valence-corrected chi connectivity index (χ0v) is 19.9. The van der Waals surface area contributed by atoms with Crippen molar-refractivity contribution in [3.8, 4) is 17.0 Å². The van der Waals surface area contributed by atoms with Gasteiger partial charge in [-0.05, 0) is 25.1 Å². The summed E-state index contributed by atoms with van der Waals surface area (Å²) in [6.45, 7) is 2.18. The van der Waals surface area contributed by atoms with Crippen LogP contribution in [0, 0.1) is 11.6 Å². The molecule has 4 heterocycles. The first kappa shape index (κ1) is 24.0. The fraction of sp³-hybridized carbons (Fsp3) is 0.360. The molecule has 36 heavy (non-hydrogen) atoms. The Morgan fingerprint density at radius 3 is 2.56 bits per heavy atom. The number of aliphatic hydroxyl groups excluding tert-OH is 1. The maximum atomic E-state index is 14.0. The molecule has 4 aromatic rings. The van der Waals surface area contributed by atoms with E-state index < -0.39 is 23.8 Å². The number of nitrogens with zero attached hydrogens (tertiary/aromatic N) is 6. The highest BCUT2D eigenvalue weighted by molar-refractivity contribution is 5.83. The Balaban J connectivity index is 1.44. The number of benzene rings is 1. The smallest absolute Gasteiger partial charge is 0.167 e. The molecular formula is C25H26F2N6O3. The largest absolute Gasteiger partial charge is 0.487 e. The van der Waals surface area contributed by atoms with Crippen molar-refractivity contribution in [3.63, 3.8) is 0 Å². The lowest BCUT2D eigenvalue weighted by Gasteiger charge is -2.33. The molecule has 0 amide bonds. The second kappa shape index (κ2) is 9.40. The van der Waals surface area contributed by atoms with E-state index in [0.717, 1.165) is 11.6 Å². The highest BCUT2D eigenvalue weighted by atomic mass is 19.1. The average molecular weight is 497 g/mol. The van der Waals surface area contributed by atoms with Crippen LogP contribution in [0.25, 0.3) is 22.3 Å². The van der Waals surface area contributed by atoms with Crippen LogP contribution in [-0.4, -0.2) is 60.7 Å². The Kier molecular flexibility index (Phi) is 6.27. The Morgan fingerprint density at radius 1 is 1.11 bits per heavy atom. The lowest BCUT2D eigenvalue weighted by molar-refractivity contribution is -0.00573. The van der Waals surface area contributed by atoms with Gasteiger partial charge in [0, 0.05) is 50.8 Å². The summed E-state index contributed by atoms with van der Waals surface area (Å²) in [6, 6.07) is 4.92. The minimum absolute atomic E-state index is 0.0389. The molecule has 1 fully saturated rings. The molecule has 0 bridgehead atoms. The summed E-state index contributed by atoms with van der Waals surface area (Å²) < 4.78 is 34.7. The first-order valence-electron chi connectivity index (χ1n) is 11.6. The van der Waals surface area contributed by atoms with Crippen LogP contribution >= 0.6 is 0 Å². The van der Waals surface area contributed by atoms with Gasteiger partial charge in [-0.3, -0.25) is 9.67 Å².